The highest BCUT2D eigenvalue weighted by molar-refractivity contribution is 5.83. The summed E-state index contributed by atoms with van der Waals surface area (Å²) in [5.41, 5.74) is 0. The lowest BCUT2D eigenvalue weighted by Gasteiger charge is -2.41. The van der Waals surface area contributed by atoms with Gasteiger partial charge in [-0.2, -0.15) is 0 Å². The van der Waals surface area contributed by atoms with E-state index in [1.165, 1.54) is 64.4 Å². The first-order chi connectivity index (χ1) is 17.9. The molecule has 2 fully saturated rings. The van der Waals surface area contributed by atoms with Crippen LogP contribution in [0, 0.1) is 0 Å². The fraction of sp³-hybridized carbons (Fsp3) is 0.800. The van der Waals surface area contributed by atoms with Gasteiger partial charge in [0.2, 0.25) is 0 Å². The van der Waals surface area contributed by atoms with Gasteiger partial charge in [0, 0.05) is 32.3 Å². The van der Waals surface area contributed by atoms with Crippen LogP contribution in [-0.2, 0) is 28.5 Å². The first-order valence-electron chi connectivity index (χ1n) is 14.6. The minimum absolute atomic E-state index is 0.243. The molecular formula is C30H48O7. The smallest absolute Gasteiger partial charge is 0.330 e. The van der Waals surface area contributed by atoms with E-state index in [0.29, 0.717) is 25.7 Å². The fourth-order valence-corrected chi connectivity index (χ4v) is 5.83. The summed E-state index contributed by atoms with van der Waals surface area (Å²) in [5.74, 6) is -1.64. The molecule has 37 heavy (non-hydrogen) atoms. The average Bonchev–Trinajstić information content (AvgIpc) is 3.16. The van der Waals surface area contributed by atoms with Crippen LogP contribution < -0.4 is 0 Å². The van der Waals surface area contributed by atoms with Gasteiger partial charge in [-0.25, -0.2) is 4.79 Å². The molecule has 0 saturated carbocycles. The molecule has 7 heteroatoms. The number of rotatable bonds is 16. The van der Waals surface area contributed by atoms with Crippen LogP contribution in [0.3, 0.4) is 0 Å². The standard InChI is InChI=1S/C30H48O7/c1-3-4-5-6-7-8-9-10-11-12-13-14-15-16-25(34-23(2)31)20-26-19-24(32)21-30(36-26)22-28-27(37-30)17-18-29(33)35-28/h4-5,17-18,24-28,32H,3,6-16,19-22H2,1-2H3. The van der Waals surface area contributed by atoms with Crippen LogP contribution in [0.2, 0.25) is 0 Å². The van der Waals surface area contributed by atoms with Crippen molar-refractivity contribution in [3.8, 4) is 0 Å². The highest BCUT2D eigenvalue weighted by Crippen LogP contribution is 2.44. The third-order valence-electron chi connectivity index (χ3n) is 7.54. The van der Waals surface area contributed by atoms with Gasteiger partial charge in [0.25, 0.3) is 0 Å². The van der Waals surface area contributed by atoms with Gasteiger partial charge in [-0.15, -0.1) is 0 Å². The van der Waals surface area contributed by atoms with Crippen LogP contribution in [0.5, 0.6) is 0 Å². The van der Waals surface area contributed by atoms with Crippen molar-refractivity contribution in [3.05, 3.63) is 24.3 Å². The molecule has 2 saturated heterocycles. The molecule has 0 amide bonds. The number of esters is 2. The lowest BCUT2D eigenvalue weighted by atomic mass is 9.92. The van der Waals surface area contributed by atoms with E-state index >= 15 is 0 Å². The number of aliphatic hydroxyl groups excluding tert-OH is 1. The Labute approximate surface area is 222 Å². The van der Waals surface area contributed by atoms with E-state index in [0.717, 1.165) is 25.7 Å². The van der Waals surface area contributed by atoms with Gasteiger partial charge in [-0.1, -0.05) is 64.0 Å². The summed E-state index contributed by atoms with van der Waals surface area (Å²) in [6.45, 7) is 3.62. The molecule has 210 valence electrons. The Hall–Kier alpha value is -1.70. The largest absolute Gasteiger partial charge is 0.462 e. The van der Waals surface area contributed by atoms with E-state index in [4.69, 9.17) is 18.9 Å². The Morgan fingerprint density at radius 3 is 2.49 bits per heavy atom. The molecule has 7 nitrogen and oxygen atoms in total. The molecule has 0 radical (unpaired) electrons. The molecule has 3 rings (SSSR count). The number of ether oxygens (including phenoxy) is 4. The third-order valence-corrected chi connectivity index (χ3v) is 7.54. The summed E-state index contributed by atoms with van der Waals surface area (Å²) in [6, 6.07) is 0. The molecule has 0 aromatic carbocycles. The molecule has 3 aliphatic heterocycles. The second-order valence-corrected chi connectivity index (χ2v) is 11.0. The van der Waals surface area contributed by atoms with Gasteiger partial charge >= 0.3 is 11.9 Å². The number of allylic oxidation sites excluding steroid dienone is 2. The number of fused-ring (bicyclic) bond motifs is 1. The van der Waals surface area contributed by atoms with Crippen LogP contribution in [0.15, 0.2) is 24.3 Å². The maximum Gasteiger partial charge on any atom is 0.330 e. The van der Waals surface area contributed by atoms with Gasteiger partial charge in [-0.3, -0.25) is 4.79 Å². The van der Waals surface area contributed by atoms with Gasteiger partial charge in [0.05, 0.1) is 12.2 Å². The first kappa shape index (κ1) is 29.9. The van der Waals surface area contributed by atoms with Crippen LogP contribution >= 0.6 is 0 Å². The molecule has 0 aromatic heterocycles. The number of aliphatic hydroxyl groups is 1. The Bertz CT molecular complexity index is 763. The molecule has 6 unspecified atom stereocenters. The molecule has 3 aliphatic rings. The summed E-state index contributed by atoms with van der Waals surface area (Å²) < 4.78 is 23.5. The Morgan fingerprint density at radius 1 is 1.08 bits per heavy atom. The molecule has 1 spiro atoms. The van der Waals surface area contributed by atoms with Crippen molar-refractivity contribution in [2.45, 2.75) is 153 Å². The van der Waals surface area contributed by atoms with Crippen molar-refractivity contribution in [2.24, 2.45) is 0 Å². The van der Waals surface area contributed by atoms with Gasteiger partial charge in [0.15, 0.2) is 5.79 Å². The minimum Gasteiger partial charge on any atom is -0.462 e. The highest BCUT2D eigenvalue weighted by atomic mass is 16.7. The molecule has 1 N–H and O–H groups in total. The summed E-state index contributed by atoms with van der Waals surface area (Å²) in [7, 11) is 0. The number of unbranched alkanes of at least 4 members (excludes halogenated alkanes) is 9. The van der Waals surface area contributed by atoms with E-state index < -0.39 is 18.0 Å². The summed E-state index contributed by atoms with van der Waals surface area (Å²) in [4.78, 5) is 23.4. The van der Waals surface area contributed by atoms with Gasteiger partial charge in [0.1, 0.15) is 18.3 Å². The predicted octanol–water partition coefficient (Wildman–Crippen LogP) is 6.07. The topological polar surface area (TPSA) is 91.3 Å². The zero-order chi connectivity index (χ0) is 26.5. The normalized spacial score (nSPS) is 30.0. The number of carbonyl (C=O) groups excluding carboxylic acids is 2. The van der Waals surface area contributed by atoms with Crippen molar-refractivity contribution in [1.29, 1.82) is 0 Å². The molecule has 0 bridgehead atoms. The van der Waals surface area contributed by atoms with Gasteiger partial charge in [-0.05, 0) is 44.6 Å². The van der Waals surface area contributed by atoms with E-state index in [9.17, 15) is 14.7 Å². The first-order valence-corrected chi connectivity index (χ1v) is 14.6. The van der Waals surface area contributed by atoms with E-state index in [1.54, 1.807) is 6.08 Å². The lowest BCUT2D eigenvalue weighted by molar-refractivity contribution is -0.285. The molecule has 0 aromatic rings. The molecule has 6 atom stereocenters. The Kier molecular flexibility index (Phi) is 12.6. The van der Waals surface area contributed by atoms with Gasteiger partial charge < -0.3 is 24.1 Å². The minimum atomic E-state index is -0.973. The number of hydrogen-bond donors (Lipinski definition) is 1. The van der Waals surface area contributed by atoms with Crippen LogP contribution in [0.4, 0.5) is 0 Å². The van der Waals surface area contributed by atoms with Crippen molar-refractivity contribution in [3.63, 3.8) is 0 Å². The van der Waals surface area contributed by atoms with Crippen LogP contribution in [0.1, 0.15) is 117 Å². The summed E-state index contributed by atoms with van der Waals surface area (Å²) >= 11 is 0. The zero-order valence-corrected chi connectivity index (χ0v) is 22.9. The average molecular weight is 521 g/mol. The van der Waals surface area contributed by atoms with Crippen LogP contribution in [0.25, 0.3) is 0 Å². The molecular weight excluding hydrogens is 472 g/mol. The number of carbonyl (C=O) groups is 2. The molecule has 3 heterocycles. The fourth-order valence-electron chi connectivity index (χ4n) is 5.83. The van der Waals surface area contributed by atoms with Crippen LogP contribution in [-0.4, -0.2) is 53.4 Å². The van der Waals surface area contributed by atoms with Crippen molar-refractivity contribution >= 4 is 11.9 Å². The van der Waals surface area contributed by atoms with Crippen molar-refractivity contribution < 1.29 is 33.6 Å². The quantitative estimate of drug-likeness (QED) is 0.150. The summed E-state index contributed by atoms with van der Waals surface area (Å²) in [6.07, 6.45) is 21.8. The number of hydrogen-bond acceptors (Lipinski definition) is 7. The molecule has 0 aliphatic carbocycles. The Morgan fingerprint density at radius 2 is 1.78 bits per heavy atom. The third kappa shape index (κ3) is 10.5. The lowest BCUT2D eigenvalue weighted by Crippen LogP contribution is -2.47. The Balaban J connectivity index is 1.34. The van der Waals surface area contributed by atoms with E-state index in [-0.39, 0.29) is 30.3 Å². The van der Waals surface area contributed by atoms with Crippen molar-refractivity contribution in [1.82, 2.24) is 0 Å². The second kappa shape index (κ2) is 15.6. The SMILES string of the molecule is CCC=CCCCCCCCCCCCC(CC1CC(O)CC2(CC3OC(=O)C=CC3O2)O1)OC(C)=O. The zero-order valence-electron chi connectivity index (χ0n) is 22.9. The predicted molar refractivity (Wildman–Crippen MR) is 142 cm³/mol. The maximum atomic E-state index is 11.7. The highest BCUT2D eigenvalue weighted by Gasteiger charge is 2.53. The van der Waals surface area contributed by atoms with E-state index in [2.05, 4.69) is 19.1 Å². The summed E-state index contributed by atoms with van der Waals surface area (Å²) in [5, 5.41) is 10.6. The van der Waals surface area contributed by atoms with Crippen molar-refractivity contribution in [2.75, 3.05) is 0 Å². The van der Waals surface area contributed by atoms with E-state index in [1.807, 2.05) is 0 Å². The monoisotopic (exact) mass is 520 g/mol. The second-order valence-electron chi connectivity index (χ2n) is 11.0. The maximum absolute atomic E-state index is 11.7.